The number of fused-ring (bicyclic) bond motifs is 5. The predicted octanol–water partition coefficient (Wildman–Crippen LogP) is 5.02. The van der Waals surface area contributed by atoms with E-state index in [1.165, 1.54) is 51.4 Å². The maximum atomic E-state index is 10.5. The third-order valence-corrected chi connectivity index (χ3v) is 9.53. The Balaban J connectivity index is 1.55. The van der Waals surface area contributed by atoms with Crippen LogP contribution in [0.5, 0.6) is 0 Å². The molecular weight excluding hydrogens is 308 g/mol. The van der Waals surface area contributed by atoms with Crippen molar-refractivity contribution in [1.29, 1.82) is 0 Å². The molecule has 0 aromatic rings. The lowest BCUT2D eigenvalue weighted by Crippen LogP contribution is -2.54. The van der Waals surface area contributed by atoms with Gasteiger partial charge in [0, 0.05) is 6.61 Å². The summed E-state index contributed by atoms with van der Waals surface area (Å²) >= 11 is 0. The van der Waals surface area contributed by atoms with Gasteiger partial charge in [-0.1, -0.05) is 20.3 Å². The molecule has 2 heteroatoms. The molecule has 25 heavy (non-hydrogen) atoms. The van der Waals surface area contributed by atoms with Crippen molar-refractivity contribution >= 4 is 0 Å². The molecule has 9 atom stereocenters. The van der Waals surface area contributed by atoms with Gasteiger partial charge >= 0.3 is 0 Å². The minimum Gasteiger partial charge on any atom is -0.396 e. The summed E-state index contributed by atoms with van der Waals surface area (Å²) in [7, 11) is 0. The van der Waals surface area contributed by atoms with Gasteiger partial charge in [0.1, 0.15) is 0 Å². The van der Waals surface area contributed by atoms with Gasteiger partial charge in [-0.15, -0.1) is 0 Å². The Hall–Kier alpha value is -0.0800. The van der Waals surface area contributed by atoms with E-state index in [9.17, 15) is 10.2 Å². The van der Waals surface area contributed by atoms with Gasteiger partial charge in [0.2, 0.25) is 0 Å². The minimum atomic E-state index is -0.399. The lowest BCUT2D eigenvalue weighted by Gasteiger charge is -2.61. The first-order chi connectivity index (χ1) is 11.9. The van der Waals surface area contributed by atoms with Crippen LogP contribution in [0, 0.1) is 46.8 Å². The van der Waals surface area contributed by atoms with E-state index in [0.29, 0.717) is 17.9 Å². The highest BCUT2D eigenvalue weighted by atomic mass is 16.3. The highest BCUT2D eigenvalue weighted by Gasteiger charge is 2.56. The van der Waals surface area contributed by atoms with Gasteiger partial charge in [0.05, 0.1) is 5.60 Å². The molecule has 0 aromatic heterocycles. The van der Waals surface area contributed by atoms with Gasteiger partial charge < -0.3 is 10.2 Å². The van der Waals surface area contributed by atoms with Crippen molar-refractivity contribution in [3.63, 3.8) is 0 Å². The van der Waals surface area contributed by atoms with Crippen LogP contribution in [-0.2, 0) is 0 Å². The third kappa shape index (κ3) is 3.00. The molecule has 0 amide bonds. The summed E-state index contributed by atoms with van der Waals surface area (Å²) in [5.74, 6) is 5.60. The SMILES string of the molecule is C[C@@H](CO)[C@H]1CCC[C@H]2[C@@H]3CC[C@@H]4C[C@](C)(O)CC[C@@H]4[C@H]3CC[C@]12C. The summed E-state index contributed by atoms with van der Waals surface area (Å²) in [6, 6.07) is 0. The average molecular weight is 349 g/mol. The van der Waals surface area contributed by atoms with Crippen LogP contribution in [0.15, 0.2) is 0 Å². The Bertz CT molecular complexity index is 486. The molecule has 0 saturated heterocycles. The second-order valence-corrected chi connectivity index (χ2v) is 10.9. The summed E-state index contributed by atoms with van der Waals surface area (Å²) < 4.78 is 0. The van der Waals surface area contributed by atoms with E-state index < -0.39 is 5.60 Å². The fraction of sp³-hybridized carbons (Fsp3) is 1.00. The molecular formula is C23H40O2. The summed E-state index contributed by atoms with van der Waals surface area (Å²) in [5.41, 5.74) is 0.0677. The van der Waals surface area contributed by atoms with E-state index in [-0.39, 0.29) is 0 Å². The molecule has 0 bridgehead atoms. The standard InChI is InChI=1S/C23H40O2/c1-15(14-24)20-5-4-6-21-19-8-7-16-13-22(2,25)11-9-17(16)18(19)10-12-23(20,21)3/h15-21,24-25H,4-14H2,1-3H3/t15-,16+,17-,18+,19+,20+,21-,22+,23+/m0/s1. The maximum Gasteiger partial charge on any atom is 0.0622 e. The van der Waals surface area contributed by atoms with Crippen LogP contribution in [-0.4, -0.2) is 22.4 Å². The lowest BCUT2D eigenvalue weighted by atomic mass is 9.44. The van der Waals surface area contributed by atoms with Crippen molar-refractivity contribution in [2.24, 2.45) is 46.8 Å². The quantitative estimate of drug-likeness (QED) is 0.735. The van der Waals surface area contributed by atoms with Gasteiger partial charge in [-0.25, -0.2) is 0 Å². The second-order valence-electron chi connectivity index (χ2n) is 10.9. The van der Waals surface area contributed by atoms with Crippen LogP contribution < -0.4 is 0 Å². The Morgan fingerprint density at radius 2 is 1.68 bits per heavy atom. The molecule has 0 heterocycles. The van der Waals surface area contributed by atoms with Crippen molar-refractivity contribution in [2.75, 3.05) is 6.61 Å². The van der Waals surface area contributed by atoms with Crippen LogP contribution in [0.3, 0.4) is 0 Å². The molecule has 144 valence electrons. The number of hydrogen-bond donors (Lipinski definition) is 2. The summed E-state index contributed by atoms with van der Waals surface area (Å²) in [6.07, 6.45) is 13.0. The van der Waals surface area contributed by atoms with E-state index in [0.717, 1.165) is 48.3 Å². The number of aliphatic hydroxyl groups excluding tert-OH is 1. The molecule has 0 aliphatic heterocycles. The topological polar surface area (TPSA) is 40.5 Å². The normalized spacial score (nSPS) is 54.1. The van der Waals surface area contributed by atoms with E-state index >= 15 is 0 Å². The van der Waals surface area contributed by atoms with Crippen LogP contribution in [0.4, 0.5) is 0 Å². The molecule has 4 rings (SSSR count). The van der Waals surface area contributed by atoms with Crippen molar-refractivity contribution in [3.05, 3.63) is 0 Å². The zero-order valence-corrected chi connectivity index (χ0v) is 16.7. The first-order valence-corrected chi connectivity index (χ1v) is 11.2. The number of rotatable bonds is 2. The van der Waals surface area contributed by atoms with Crippen LogP contribution in [0.25, 0.3) is 0 Å². The van der Waals surface area contributed by atoms with Crippen LogP contribution in [0.2, 0.25) is 0 Å². The Kier molecular flexibility index (Phi) is 4.77. The van der Waals surface area contributed by atoms with E-state index in [4.69, 9.17) is 0 Å². The van der Waals surface area contributed by atoms with Crippen molar-refractivity contribution in [2.45, 2.75) is 90.6 Å². The minimum absolute atomic E-state index is 0.362. The largest absolute Gasteiger partial charge is 0.396 e. The summed E-state index contributed by atoms with van der Waals surface area (Å²) in [5, 5.41) is 20.3. The fourth-order valence-corrected chi connectivity index (χ4v) is 8.38. The Labute approximate surface area is 154 Å². The monoisotopic (exact) mass is 348 g/mol. The van der Waals surface area contributed by atoms with E-state index in [1.807, 2.05) is 0 Å². The van der Waals surface area contributed by atoms with Gasteiger partial charge in [0.25, 0.3) is 0 Å². The van der Waals surface area contributed by atoms with Crippen LogP contribution >= 0.6 is 0 Å². The molecule has 4 fully saturated rings. The molecule has 2 N–H and O–H groups in total. The van der Waals surface area contributed by atoms with E-state index in [2.05, 4.69) is 20.8 Å². The number of hydrogen-bond acceptors (Lipinski definition) is 2. The molecule has 0 radical (unpaired) electrons. The fourth-order valence-electron chi connectivity index (χ4n) is 8.38. The van der Waals surface area contributed by atoms with Gasteiger partial charge in [0.15, 0.2) is 0 Å². The van der Waals surface area contributed by atoms with Gasteiger partial charge in [-0.3, -0.25) is 0 Å². The van der Waals surface area contributed by atoms with Crippen molar-refractivity contribution in [3.8, 4) is 0 Å². The molecule has 0 spiro atoms. The summed E-state index contributed by atoms with van der Waals surface area (Å²) in [6.45, 7) is 7.29. The van der Waals surface area contributed by atoms with Crippen molar-refractivity contribution in [1.82, 2.24) is 0 Å². The Morgan fingerprint density at radius 3 is 2.44 bits per heavy atom. The van der Waals surface area contributed by atoms with Crippen molar-refractivity contribution < 1.29 is 10.2 Å². The number of aliphatic hydroxyl groups is 2. The predicted molar refractivity (Wildman–Crippen MR) is 102 cm³/mol. The lowest BCUT2D eigenvalue weighted by molar-refractivity contribution is -0.136. The highest BCUT2D eigenvalue weighted by molar-refractivity contribution is 5.06. The zero-order chi connectivity index (χ0) is 17.8. The second kappa shape index (κ2) is 6.51. The third-order valence-electron chi connectivity index (χ3n) is 9.53. The first-order valence-electron chi connectivity index (χ1n) is 11.2. The van der Waals surface area contributed by atoms with Gasteiger partial charge in [-0.2, -0.15) is 0 Å². The van der Waals surface area contributed by atoms with E-state index in [1.54, 1.807) is 0 Å². The first kappa shape index (κ1) is 18.3. The maximum absolute atomic E-state index is 10.5. The molecule has 4 aliphatic carbocycles. The average Bonchev–Trinajstić information content (AvgIpc) is 2.58. The molecule has 4 saturated carbocycles. The molecule has 0 unspecified atom stereocenters. The molecule has 0 aromatic carbocycles. The zero-order valence-electron chi connectivity index (χ0n) is 16.7. The highest BCUT2D eigenvalue weighted by Crippen LogP contribution is 2.64. The Morgan fingerprint density at radius 1 is 0.920 bits per heavy atom. The van der Waals surface area contributed by atoms with Gasteiger partial charge in [-0.05, 0) is 112 Å². The molecule has 2 nitrogen and oxygen atoms in total. The van der Waals surface area contributed by atoms with Crippen LogP contribution in [0.1, 0.15) is 85.0 Å². The molecule has 4 aliphatic rings. The smallest absolute Gasteiger partial charge is 0.0622 e. The summed E-state index contributed by atoms with van der Waals surface area (Å²) in [4.78, 5) is 0.